The second-order valence-corrected chi connectivity index (χ2v) is 8.56. The zero-order valence-electron chi connectivity index (χ0n) is 14.4. The van der Waals surface area contributed by atoms with E-state index in [1.807, 2.05) is 42.5 Å². The van der Waals surface area contributed by atoms with E-state index in [2.05, 4.69) is 10.3 Å². The molecule has 0 amide bonds. The molecule has 0 aliphatic rings. The first-order chi connectivity index (χ1) is 13.4. The number of nitriles is 1. The van der Waals surface area contributed by atoms with Gasteiger partial charge in [-0.25, -0.2) is 18.5 Å². The smallest absolute Gasteiger partial charge is 0.238 e. The average molecular weight is 410 g/mol. The predicted molar refractivity (Wildman–Crippen MR) is 107 cm³/mol. The number of para-hydroxylation sites is 1. The maximum absolute atomic E-state index is 11.4. The van der Waals surface area contributed by atoms with Gasteiger partial charge in [0, 0.05) is 0 Å². The summed E-state index contributed by atoms with van der Waals surface area (Å²) in [6.07, 6.45) is 0. The van der Waals surface area contributed by atoms with Gasteiger partial charge in [0.05, 0.1) is 32.9 Å². The van der Waals surface area contributed by atoms with Gasteiger partial charge in [0.1, 0.15) is 11.8 Å². The Morgan fingerprint density at radius 2 is 2.00 bits per heavy atom. The number of nitrogens with zero attached hydrogens (tertiary/aromatic N) is 2. The van der Waals surface area contributed by atoms with Crippen LogP contribution in [0, 0.1) is 11.3 Å². The van der Waals surface area contributed by atoms with Crippen molar-refractivity contribution in [1.29, 1.82) is 5.26 Å². The molecule has 0 radical (unpaired) electrons. The number of benzene rings is 2. The molecular weight excluding hydrogens is 396 g/mol. The lowest BCUT2D eigenvalue weighted by molar-refractivity contribution is 0.531. The van der Waals surface area contributed by atoms with Crippen molar-refractivity contribution >= 4 is 37.3 Å². The summed E-state index contributed by atoms with van der Waals surface area (Å²) in [5, 5.41) is 18.3. The van der Waals surface area contributed by atoms with Crippen molar-refractivity contribution in [2.75, 3.05) is 5.32 Å². The number of hydrogen-bond acceptors (Lipinski definition) is 7. The average Bonchev–Trinajstić information content (AvgIpc) is 3.32. The largest absolute Gasteiger partial charge is 0.457 e. The van der Waals surface area contributed by atoms with Gasteiger partial charge in [0.2, 0.25) is 10.0 Å². The number of anilines is 1. The lowest BCUT2D eigenvalue weighted by Crippen LogP contribution is -2.12. The quantitative estimate of drug-likeness (QED) is 0.517. The maximum Gasteiger partial charge on any atom is 0.238 e. The summed E-state index contributed by atoms with van der Waals surface area (Å²) in [5.74, 6) is 1.33. The summed E-state index contributed by atoms with van der Waals surface area (Å²) in [5.41, 5.74) is 1.60. The monoisotopic (exact) mass is 410 g/mol. The van der Waals surface area contributed by atoms with Crippen LogP contribution in [0.1, 0.15) is 11.3 Å². The predicted octanol–water partition coefficient (Wildman–Crippen LogP) is 3.69. The summed E-state index contributed by atoms with van der Waals surface area (Å²) in [4.78, 5) is 4.46. The van der Waals surface area contributed by atoms with Gasteiger partial charge in [-0.15, -0.1) is 11.3 Å². The van der Waals surface area contributed by atoms with Crippen LogP contribution in [0.2, 0.25) is 0 Å². The third kappa shape index (κ3) is 3.61. The van der Waals surface area contributed by atoms with Crippen molar-refractivity contribution in [3.8, 4) is 16.8 Å². The number of nitrogens with two attached hydrogens (primary N) is 1. The second-order valence-electron chi connectivity index (χ2n) is 5.97. The van der Waals surface area contributed by atoms with Crippen molar-refractivity contribution in [1.82, 2.24) is 4.98 Å². The van der Waals surface area contributed by atoms with Gasteiger partial charge in [0.15, 0.2) is 10.8 Å². The van der Waals surface area contributed by atoms with E-state index in [4.69, 9.17) is 9.56 Å². The number of furan rings is 1. The highest BCUT2D eigenvalue weighted by Gasteiger charge is 2.13. The van der Waals surface area contributed by atoms with Gasteiger partial charge in [-0.1, -0.05) is 12.1 Å². The number of fused-ring (bicyclic) bond motifs is 1. The summed E-state index contributed by atoms with van der Waals surface area (Å²) in [7, 11) is -3.86. The molecule has 140 valence electrons. The summed E-state index contributed by atoms with van der Waals surface area (Å²) in [6.45, 7) is 0.328. The van der Waals surface area contributed by atoms with Gasteiger partial charge in [0.25, 0.3) is 0 Å². The number of thiazole rings is 1. The molecule has 0 atom stereocenters. The molecule has 0 aliphatic carbocycles. The summed E-state index contributed by atoms with van der Waals surface area (Å²) >= 11 is 1.55. The zero-order chi connectivity index (χ0) is 19.7. The van der Waals surface area contributed by atoms with Crippen LogP contribution in [0.4, 0.5) is 5.69 Å². The van der Waals surface area contributed by atoms with E-state index in [0.29, 0.717) is 23.8 Å². The SMILES string of the molecule is N#Cc1cc(S(N)(=O)=O)ccc1NCc1ccc(-c2nc3ccccc3s2)o1. The van der Waals surface area contributed by atoms with Crippen LogP contribution < -0.4 is 10.5 Å². The van der Waals surface area contributed by atoms with Gasteiger partial charge < -0.3 is 9.73 Å². The van der Waals surface area contributed by atoms with E-state index in [-0.39, 0.29) is 10.5 Å². The number of nitrogens with one attached hydrogen (secondary N) is 1. The Bertz CT molecular complexity index is 1280. The Morgan fingerprint density at radius 1 is 1.18 bits per heavy atom. The molecule has 0 spiro atoms. The lowest BCUT2D eigenvalue weighted by Gasteiger charge is -2.08. The number of primary sulfonamides is 1. The van der Waals surface area contributed by atoms with Crippen molar-refractivity contribution < 1.29 is 12.8 Å². The van der Waals surface area contributed by atoms with Gasteiger partial charge >= 0.3 is 0 Å². The molecule has 2 aromatic heterocycles. The van der Waals surface area contributed by atoms with E-state index in [1.165, 1.54) is 18.2 Å². The van der Waals surface area contributed by atoms with Crippen LogP contribution >= 0.6 is 11.3 Å². The molecule has 2 aromatic carbocycles. The van der Waals surface area contributed by atoms with Crippen molar-refractivity contribution in [2.45, 2.75) is 11.4 Å². The summed E-state index contributed by atoms with van der Waals surface area (Å²) in [6, 6.07) is 17.6. The number of aromatic nitrogens is 1. The third-order valence-corrected chi connectivity index (χ3v) is 6.02. The van der Waals surface area contributed by atoms with E-state index >= 15 is 0 Å². The topological polar surface area (TPSA) is 122 Å². The first kappa shape index (κ1) is 18.2. The van der Waals surface area contributed by atoms with Crippen LogP contribution in [-0.2, 0) is 16.6 Å². The Balaban J connectivity index is 1.53. The van der Waals surface area contributed by atoms with Crippen LogP contribution in [0.15, 0.2) is 63.9 Å². The molecule has 7 nitrogen and oxygen atoms in total. The third-order valence-electron chi connectivity index (χ3n) is 4.06. The fourth-order valence-corrected chi connectivity index (χ4v) is 4.16. The second kappa shape index (κ2) is 7.09. The van der Waals surface area contributed by atoms with Crippen LogP contribution in [0.3, 0.4) is 0 Å². The highest BCUT2D eigenvalue weighted by molar-refractivity contribution is 7.89. The number of hydrogen-bond donors (Lipinski definition) is 2. The van der Waals surface area contributed by atoms with Crippen LogP contribution in [0.25, 0.3) is 21.0 Å². The molecular formula is C19H14N4O3S2. The van der Waals surface area contributed by atoms with Gasteiger partial charge in [-0.05, 0) is 42.5 Å². The number of rotatable bonds is 5. The normalized spacial score (nSPS) is 11.4. The molecule has 4 rings (SSSR count). The molecule has 0 aliphatic heterocycles. The molecule has 9 heteroatoms. The molecule has 2 heterocycles. The Labute approximate surface area is 165 Å². The Morgan fingerprint density at radius 3 is 2.75 bits per heavy atom. The molecule has 0 bridgehead atoms. The van der Waals surface area contributed by atoms with Gasteiger partial charge in [-0.3, -0.25) is 0 Å². The molecule has 4 aromatic rings. The standard InChI is InChI=1S/C19H14N4O3S2/c20-10-12-9-14(28(21,24)25)6-7-15(12)22-11-13-5-8-17(26-13)19-23-16-3-1-2-4-18(16)27-19/h1-9,22H,11H2,(H2,21,24,25). The highest BCUT2D eigenvalue weighted by atomic mass is 32.2. The van der Waals surface area contributed by atoms with E-state index < -0.39 is 10.0 Å². The molecule has 0 saturated carbocycles. The first-order valence-corrected chi connectivity index (χ1v) is 10.6. The Hall–Kier alpha value is -3.19. The fourth-order valence-electron chi connectivity index (χ4n) is 2.69. The Kier molecular flexibility index (Phi) is 4.60. The minimum absolute atomic E-state index is 0.106. The van der Waals surface area contributed by atoms with Crippen LogP contribution in [0.5, 0.6) is 0 Å². The zero-order valence-corrected chi connectivity index (χ0v) is 16.0. The van der Waals surface area contributed by atoms with Crippen molar-refractivity contribution in [2.24, 2.45) is 5.14 Å². The lowest BCUT2D eigenvalue weighted by atomic mass is 10.2. The summed E-state index contributed by atoms with van der Waals surface area (Å²) < 4.78 is 29.8. The maximum atomic E-state index is 11.4. The van der Waals surface area contributed by atoms with Gasteiger partial charge in [-0.2, -0.15) is 5.26 Å². The molecule has 0 saturated heterocycles. The number of sulfonamides is 1. The minimum atomic E-state index is -3.86. The highest BCUT2D eigenvalue weighted by Crippen LogP contribution is 2.31. The molecule has 28 heavy (non-hydrogen) atoms. The molecule has 0 unspecified atom stereocenters. The minimum Gasteiger partial charge on any atom is -0.457 e. The van der Waals surface area contributed by atoms with E-state index in [0.717, 1.165) is 15.2 Å². The van der Waals surface area contributed by atoms with Crippen molar-refractivity contribution in [3.63, 3.8) is 0 Å². The molecule has 3 N–H and O–H groups in total. The van der Waals surface area contributed by atoms with Crippen molar-refractivity contribution in [3.05, 3.63) is 65.9 Å². The first-order valence-electron chi connectivity index (χ1n) is 8.19. The fraction of sp³-hybridized carbons (Fsp3) is 0.0526. The van der Waals surface area contributed by atoms with Crippen LogP contribution in [-0.4, -0.2) is 13.4 Å². The van der Waals surface area contributed by atoms with E-state index in [1.54, 1.807) is 11.3 Å². The van der Waals surface area contributed by atoms with E-state index in [9.17, 15) is 13.7 Å². The molecule has 0 fully saturated rings.